The minimum absolute atomic E-state index is 0.177. The minimum Gasteiger partial charge on any atom is -0.453 e. The van der Waals surface area contributed by atoms with Crippen molar-refractivity contribution in [3.63, 3.8) is 0 Å². The molecule has 0 saturated carbocycles. The van der Waals surface area contributed by atoms with Gasteiger partial charge in [0.05, 0.1) is 13.7 Å². The third-order valence-electron chi connectivity index (χ3n) is 2.99. The van der Waals surface area contributed by atoms with Gasteiger partial charge < -0.3 is 14.8 Å². The van der Waals surface area contributed by atoms with Crippen LogP contribution < -0.4 is 10.6 Å². The number of carbonyl (C=O) groups is 2. The van der Waals surface area contributed by atoms with Gasteiger partial charge in [0.2, 0.25) is 0 Å². The molecule has 1 heterocycles. The van der Waals surface area contributed by atoms with Gasteiger partial charge in [-0.05, 0) is 12.1 Å². The maximum absolute atomic E-state index is 11.7. The number of nitrogens with one attached hydrogen (secondary N) is 2. The van der Waals surface area contributed by atoms with Crippen LogP contribution in [0, 0.1) is 0 Å². The Balaban J connectivity index is 2.09. The van der Waals surface area contributed by atoms with E-state index in [1.165, 1.54) is 7.11 Å². The second-order valence-corrected chi connectivity index (χ2v) is 4.21. The minimum atomic E-state index is -0.526. The molecule has 7 heteroatoms. The summed E-state index contributed by atoms with van der Waals surface area (Å²) in [5, 5.41) is 5.14. The van der Waals surface area contributed by atoms with Gasteiger partial charge in [0, 0.05) is 24.8 Å². The number of benzene rings is 1. The van der Waals surface area contributed by atoms with Crippen molar-refractivity contribution in [3.05, 3.63) is 29.8 Å². The molecule has 1 aromatic carbocycles. The summed E-state index contributed by atoms with van der Waals surface area (Å²) in [5.74, 6) is 0. The number of amides is 3. The molecule has 0 bridgehead atoms. The highest BCUT2D eigenvalue weighted by atomic mass is 16.5. The lowest BCUT2D eigenvalue weighted by Crippen LogP contribution is -2.37. The predicted octanol–water partition coefficient (Wildman–Crippen LogP) is 1.54. The summed E-state index contributed by atoms with van der Waals surface area (Å²) >= 11 is 0. The third kappa shape index (κ3) is 3.00. The van der Waals surface area contributed by atoms with Gasteiger partial charge in [0.1, 0.15) is 0 Å². The Bertz CT molecular complexity index is 489. The van der Waals surface area contributed by atoms with Crippen molar-refractivity contribution in [1.82, 2.24) is 10.2 Å². The molecule has 2 N–H and O–H groups in total. The van der Waals surface area contributed by atoms with Crippen LogP contribution in [-0.4, -0.2) is 44.3 Å². The number of nitrogens with zero attached hydrogens (tertiary/aromatic N) is 1. The smallest absolute Gasteiger partial charge is 0.411 e. The summed E-state index contributed by atoms with van der Waals surface area (Å²) < 4.78 is 10.1. The third-order valence-corrected chi connectivity index (χ3v) is 2.99. The quantitative estimate of drug-likeness (QED) is 0.860. The number of hydrogen-bond donors (Lipinski definition) is 2. The molecule has 1 aliphatic rings. The van der Waals surface area contributed by atoms with Crippen LogP contribution in [-0.2, 0) is 9.47 Å². The second-order valence-electron chi connectivity index (χ2n) is 4.21. The normalized spacial score (nSPS) is 17.7. The molecule has 0 aliphatic carbocycles. The second kappa shape index (κ2) is 6.25. The lowest BCUT2D eigenvalue weighted by Gasteiger charge is -2.23. The summed E-state index contributed by atoms with van der Waals surface area (Å²) in [4.78, 5) is 24.4. The van der Waals surface area contributed by atoms with Gasteiger partial charge in [-0.2, -0.15) is 0 Å². The van der Waals surface area contributed by atoms with E-state index in [0.29, 0.717) is 18.8 Å². The topological polar surface area (TPSA) is 79.9 Å². The Kier molecular flexibility index (Phi) is 4.41. The summed E-state index contributed by atoms with van der Waals surface area (Å²) in [7, 11) is 2.89. The van der Waals surface area contributed by atoms with E-state index < -0.39 is 12.3 Å². The monoisotopic (exact) mass is 279 g/mol. The van der Waals surface area contributed by atoms with Crippen LogP contribution in [0.25, 0.3) is 0 Å². The molecule has 1 unspecified atom stereocenters. The number of carbonyl (C=O) groups excluding carboxylic acids is 2. The molecule has 3 amide bonds. The standard InChI is InChI=1S/C13H17N3O4/c1-14-12(17)16-7-8-20-11(16)9-3-5-10(6-4-9)15-13(18)19-2/h3-6,11H,7-8H2,1-2H3,(H,14,17)(H,15,18). The molecule has 7 nitrogen and oxygen atoms in total. The highest BCUT2D eigenvalue weighted by Crippen LogP contribution is 2.27. The molecule has 1 aromatic rings. The van der Waals surface area contributed by atoms with Crippen LogP contribution in [0.4, 0.5) is 15.3 Å². The van der Waals surface area contributed by atoms with Crippen LogP contribution in [0.5, 0.6) is 0 Å². The number of ether oxygens (including phenoxy) is 2. The van der Waals surface area contributed by atoms with Gasteiger partial charge in [-0.1, -0.05) is 12.1 Å². The Morgan fingerprint density at radius 1 is 1.35 bits per heavy atom. The SMILES string of the molecule is CNC(=O)N1CCOC1c1ccc(NC(=O)OC)cc1. The summed E-state index contributed by atoms with van der Waals surface area (Å²) in [6, 6.07) is 6.89. The van der Waals surface area contributed by atoms with Crippen molar-refractivity contribution in [1.29, 1.82) is 0 Å². The molecule has 108 valence electrons. The van der Waals surface area contributed by atoms with E-state index in [9.17, 15) is 9.59 Å². The summed E-state index contributed by atoms with van der Waals surface area (Å²) in [6.45, 7) is 1.05. The van der Waals surface area contributed by atoms with E-state index >= 15 is 0 Å². The van der Waals surface area contributed by atoms with Crippen molar-refractivity contribution >= 4 is 17.8 Å². The first-order chi connectivity index (χ1) is 9.65. The maximum atomic E-state index is 11.7. The summed E-state index contributed by atoms with van der Waals surface area (Å²) in [5.41, 5.74) is 1.46. The number of rotatable bonds is 2. The highest BCUT2D eigenvalue weighted by molar-refractivity contribution is 5.84. The van der Waals surface area contributed by atoms with E-state index in [2.05, 4.69) is 15.4 Å². The average Bonchev–Trinajstić information content (AvgIpc) is 2.96. The molecule has 1 aliphatic heterocycles. The first kappa shape index (κ1) is 14.1. The van der Waals surface area contributed by atoms with Crippen LogP contribution in [0.1, 0.15) is 11.8 Å². The van der Waals surface area contributed by atoms with Crippen molar-refractivity contribution in [3.8, 4) is 0 Å². The molecule has 0 aromatic heterocycles. The Morgan fingerprint density at radius 2 is 2.05 bits per heavy atom. The van der Waals surface area contributed by atoms with Crippen molar-refractivity contribution < 1.29 is 19.1 Å². The van der Waals surface area contributed by atoms with Gasteiger partial charge in [-0.25, -0.2) is 9.59 Å². The van der Waals surface area contributed by atoms with E-state index in [4.69, 9.17) is 4.74 Å². The lowest BCUT2D eigenvalue weighted by atomic mass is 10.1. The van der Waals surface area contributed by atoms with E-state index in [1.54, 1.807) is 36.2 Å². The van der Waals surface area contributed by atoms with Crippen molar-refractivity contribution in [2.24, 2.45) is 0 Å². The molecular weight excluding hydrogens is 262 g/mol. The zero-order chi connectivity index (χ0) is 14.5. The van der Waals surface area contributed by atoms with Crippen LogP contribution in [0.3, 0.4) is 0 Å². The zero-order valence-electron chi connectivity index (χ0n) is 11.4. The fourth-order valence-corrected chi connectivity index (χ4v) is 2.00. The molecule has 2 rings (SSSR count). The first-order valence-corrected chi connectivity index (χ1v) is 6.20. The molecule has 0 radical (unpaired) electrons. The fourth-order valence-electron chi connectivity index (χ4n) is 2.00. The van der Waals surface area contributed by atoms with Gasteiger partial charge >= 0.3 is 12.1 Å². The maximum Gasteiger partial charge on any atom is 0.411 e. The largest absolute Gasteiger partial charge is 0.453 e. The van der Waals surface area contributed by atoms with E-state index in [-0.39, 0.29) is 6.03 Å². The van der Waals surface area contributed by atoms with E-state index in [0.717, 1.165) is 5.56 Å². The molecule has 20 heavy (non-hydrogen) atoms. The molecule has 0 spiro atoms. The predicted molar refractivity (Wildman–Crippen MR) is 72.3 cm³/mol. The van der Waals surface area contributed by atoms with E-state index in [1.807, 2.05) is 0 Å². The lowest BCUT2D eigenvalue weighted by molar-refractivity contribution is 0.0495. The van der Waals surface area contributed by atoms with Crippen LogP contribution in [0.15, 0.2) is 24.3 Å². The summed E-state index contributed by atoms with van der Waals surface area (Å²) in [6.07, 6.45) is -0.927. The Morgan fingerprint density at radius 3 is 2.65 bits per heavy atom. The Hall–Kier alpha value is -2.28. The molecule has 1 saturated heterocycles. The fraction of sp³-hybridized carbons (Fsp3) is 0.385. The molecule has 1 atom stereocenters. The van der Waals surface area contributed by atoms with Gasteiger partial charge in [-0.15, -0.1) is 0 Å². The number of urea groups is 1. The van der Waals surface area contributed by atoms with Gasteiger partial charge in [0.25, 0.3) is 0 Å². The van der Waals surface area contributed by atoms with Crippen molar-refractivity contribution in [2.75, 3.05) is 32.6 Å². The van der Waals surface area contributed by atoms with Crippen LogP contribution >= 0.6 is 0 Å². The number of hydrogen-bond acceptors (Lipinski definition) is 4. The highest BCUT2D eigenvalue weighted by Gasteiger charge is 2.30. The number of methoxy groups -OCH3 is 1. The van der Waals surface area contributed by atoms with Gasteiger partial charge in [-0.3, -0.25) is 10.2 Å². The number of anilines is 1. The van der Waals surface area contributed by atoms with Crippen LogP contribution in [0.2, 0.25) is 0 Å². The zero-order valence-corrected chi connectivity index (χ0v) is 11.4. The van der Waals surface area contributed by atoms with Crippen molar-refractivity contribution in [2.45, 2.75) is 6.23 Å². The average molecular weight is 279 g/mol. The first-order valence-electron chi connectivity index (χ1n) is 6.20. The molecule has 1 fully saturated rings. The Labute approximate surface area is 116 Å². The van der Waals surface area contributed by atoms with Gasteiger partial charge in [0.15, 0.2) is 6.23 Å². The molecular formula is C13H17N3O4.